The lowest BCUT2D eigenvalue weighted by atomic mass is 9.89. The second-order valence-electron chi connectivity index (χ2n) is 6.38. The number of benzene rings is 2. The lowest BCUT2D eigenvalue weighted by Crippen LogP contribution is -2.38. The molecule has 1 aliphatic rings. The van der Waals surface area contributed by atoms with E-state index in [-0.39, 0.29) is 24.8 Å². The van der Waals surface area contributed by atoms with Crippen molar-refractivity contribution >= 4 is 23.2 Å². The maximum absolute atomic E-state index is 13.8. The van der Waals surface area contributed by atoms with E-state index >= 15 is 0 Å². The third kappa shape index (κ3) is 3.46. The van der Waals surface area contributed by atoms with Gasteiger partial charge in [-0.05, 0) is 42.0 Å². The molecule has 0 saturated heterocycles. The third-order valence-electron chi connectivity index (χ3n) is 4.58. The summed E-state index contributed by atoms with van der Waals surface area (Å²) in [6.45, 7) is 0.148. The number of amides is 2. The maximum Gasteiger partial charge on any atom is 0.235 e. The first-order valence-corrected chi connectivity index (χ1v) is 8.60. The van der Waals surface area contributed by atoms with Gasteiger partial charge in [0.1, 0.15) is 11.6 Å². The van der Waals surface area contributed by atoms with Crippen LogP contribution in [0.3, 0.4) is 0 Å². The largest absolute Gasteiger partial charge is 0.467 e. The van der Waals surface area contributed by atoms with E-state index in [2.05, 4.69) is 5.32 Å². The Hall–Kier alpha value is -3.41. The van der Waals surface area contributed by atoms with Crippen LogP contribution in [0.25, 0.3) is 0 Å². The number of furan rings is 1. The molecular formula is C21H17FN2O3. The quantitative estimate of drug-likeness (QED) is 0.759. The van der Waals surface area contributed by atoms with Gasteiger partial charge >= 0.3 is 0 Å². The molecule has 0 saturated carbocycles. The van der Waals surface area contributed by atoms with Gasteiger partial charge in [-0.1, -0.05) is 24.3 Å². The van der Waals surface area contributed by atoms with Gasteiger partial charge in [-0.25, -0.2) is 4.39 Å². The lowest BCUT2D eigenvalue weighted by Gasteiger charge is -2.30. The Balaban J connectivity index is 1.73. The standard InChI is InChI=1S/C21H17FN2O3/c22-14-5-3-6-15(11-14)24(13-16-7-4-10-27-16)21(26)18-12-20(25)23-19-9-2-1-8-17(18)19/h1-11,18H,12-13H2,(H,23,25). The Morgan fingerprint density at radius 2 is 2.00 bits per heavy atom. The summed E-state index contributed by atoms with van der Waals surface area (Å²) >= 11 is 0. The van der Waals surface area contributed by atoms with E-state index in [0.29, 0.717) is 17.1 Å². The Morgan fingerprint density at radius 1 is 1.15 bits per heavy atom. The van der Waals surface area contributed by atoms with Crippen LogP contribution >= 0.6 is 0 Å². The summed E-state index contributed by atoms with van der Waals surface area (Å²) in [5, 5.41) is 2.79. The van der Waals surface area contributed by atoms with E-state index in [1.807, 2.05) is 12.1 Å². The van der Waals surface area contributed by atoms with Crippen LogP contribution in [0, 0.1) is 5.82 Å². The van der Waals surface area contributed by atoms with E-state index in [0.717, 1.165) is 5.56 Å². The highest BCUT2D eigenvalue weighted by Gasteiger charge is 2.34. The molecule has 0 spiro atoms. The van der Waals surface area contributed by atoms with Crippen molar-refractivity contribution in [3.8, 4) is 0 Å². The average molecular weight is 364 g/mol. The van der Waals surface area contributed by atoms with Crippen molar-refractivity contribution in [3.63, 3.8) is 0 Å². The van der Waals surface area contributed by atoms with Crippen molar-refractivity contribution in [1.29, 1.82) is 0 Å². The molecule has 1 aliphatic heterocycles. The number of nitrogens with one attached hydrogen (secondary N) is 1. The van der Waals surface area contributed by atoms with E-state index in [1.165, 1.54) is 23.3 Å². The second-order valence-corrected chi connectivity index (χ2v) is 6.38. The van der Waals surface area contributed by atoms with Crippen molar-refractivity contribution in [2.75, 3.05) is 10.2 Å². The van der Waals surface area contributed by atoms with Crippen LogP contribution in [0.4, 0.5) is 15.8 Å². The summed E-state index contributed by atoms with van der Waals surface area (Å²) in [5.41, 5.74) is 1.80. The molecule has 0 aliphatic carbocycles. The highest BCUT2D eigenvalue weighted by molar-refractivity contribution is 6.06. The molecule has 2 heterocycles. The smallest absolute Gasteiger partial charge is 0.235 e. The lowest BCUT2D eigenvalue weighted by molar-refractivity contribution is -0.124. The molecular weight excluding hydrogens is 347 g/mol. The monoisotopic (exact) mass is 364 g/mol. The summed E-state index contributed by atoms with van der Waals surface area (Å²) < 4.78 is 19.2. The molecule has 1 atom stereocenters. The van der Waals surface area contributed by atoms with Gasteiger partial charge in [0.2, 0.25) is 11.8 Å². The zero-order chi connectivity index (χ0) is 18.8. The zero-order valence-corrected chi connectivity index (χ0v) is 14.4. The number of rotatable bonds is 4. The Labute approximate surface area is 155 Å². The Bertz CT molecular complexity index is 985. The molecule has 0 bridgehead atoms. The highest BCUT2D eigenvalue weighted by Crippen LogP contribution is 2.35. The molecule has 136 valence electrons. The summed E-state index contributed by atoms with van der Waals surface area (Å²) in [7, 11) is 0. The first-order valence-electron chi connectivity index (χ1n) is 8.60. The van der Waals surface area contributed by atoms with E-state index in [1.54, 1.807) is 36.4 Å². The average Bonchev–Trinajstić information content (AvgIpc) is 3.18. The third-order valence-corrected chi connectivity index (χ3v) is 4.58. The molecule has 3 aromatic rings. The minimum atomic E-state index is -0.645. The van der Waals surface area contributed by atoms with Crippen LogP contribution in [0.5, 0.6) is 0 Å². The fourth-order valence-corrected chi connectivity index (χ4v) is 3.32. The van der Waals surface area contributed by atoms with Gasteiger partial charge in [-0.3, -0.25) is 9.59 Å². The van der Waals surface area contributed by atoms with E-state index < -0.39 is 11.7 Å². The second kappa shape index (κ2) is 7.07. The predicted molar refractivity (Wildman–Crippen MR) is 98.7 cm³/mol. The molecule has 5 nitrogen and oxygen atoms in total. The Morgan fingerprint density at radius 3 is 2.78 bits per heavy atom. The number of hydrogen-bond acceptors (Lipinski definition) is 3. The van der Waals surface area contributed by atoms with Gasteiger partial charge in [0, 0.05) is 17.8 Å². The van der Waals surface area contributed by atoms with Gasteiger partial charge in [-0.2, -0.15) is 0 Å². The van der Waals surface area contributed by atoms with Crippen molar-refractivity contribution < 1.29 is 18.4 Å². The minimum Gasteiger partial charge on any atom is -0.467 e. The maximum atomic E-state index is 13.8. The first-order chi connectivity index (χ1) is 13.1. The fraction of sp³-hybridized carbons (Fsp3) is 0.143. The van der Waals surface area contributed by atoms with E-state index in [4.69, 9.17) is 4.42 Å². The molecule has 0 fully saturated rings. The summed E-state index contributed by atoms with van der Waals surface area (Å²) in [6.07, 6.45) is 1.56. The van der Waals surface area contributed by atoms with Crippen LogP contribution in [-0.4, -0.2) is 11.8 Å². The van der Waals surface area contributed by atoms with Crippen LogP contribution in [0.1, 0.15) is 23.7 Å². The van der Waals surface area contributed by atoms with Gasteiger partial charge in [0.25, 0.3) is 0 Å². The van der Waals surface area contributed by atoms with Crippen LogP contribution in [-0.2, 0) is 16.1 Å². The van der Waals surface area contributed by atoms with Crippen LogP contribution in [0.2, 0.25) is 0 Å². The molecule has 1 unspecified atom stereocenters. The number of hydrogen-bond donors (Lipinski definition) is 1. The fourth-order valence-electron chi connectivity index (χ4n) is 3.32. The number of fused-ring (bicyclic) bond motifs is 1. The highest BCUT2D eigenvalue weighted by atomic mass is 19.1. The molecule has 2 aromatic carbocycles. The number of para-hydroxylation sites is 1. The van der Waals surface area contributed by atoms with Crippen molar-refractivity contribution in [1.82, 2.24) is 0 Å². The van der Waals surface area contributed by atoms with Gasteiger partial charge < -0.3 is 14.6 Å². The number of carbonyl (C=O) groups excluding carboxylic acids is 2. The number of nitrogens with zero attached hydrogens (tertiary/aromatic N) is 1. The molecule has 1 aromatic heterocycles. The van der Waals surface area contributed by atoms with Crippen molar-refractivity contribution in [3.05, 3.63) is 84.1 Å². The van der Waals surface area contributed by atoms with Crippen LogP contribution in [0.15, 0.2) is 71.3 Å². The summed E-state index contributed by atoms with van der Waals surface area (Å²) in [5.74, 6) is -1.01. The van der Waals surface area contributed by atoms with Gasteiger partial charge in [-0.15, -0.1) is 0 Å². The van der Waals surface area contributed by atoms with E-state index in [9.17, 15) is 14.0 Å². The first kappa shape index (κ1) is 17.0. The summed E-state index contributed by atoms with van der Waals surface area (Å²) in [6, 6.07) is 16.5. The number of anilines is 2. The molecule has 4 rings (SSSR count). The zero-order valence-electron chi connectivity index (χ0n) is 14.4. The molecule has 1 N–H and O–H groups in total. The molecule has 0 radical (unpaired) electrons. The molecule has 6 heteroatoms. The number of carbonyl (C=O) groups is 2. The Kier molecular flexibility index (Phi) is 4.46. The van der Waals surface area contributed by atoms with Gasteiger partial charge in [0.05, 0.1) is 18.7 Å². The molecule has 2 amide bonds. The van der Waals surface area contributed by atoms with Crippen LogP contribution < -0.4 is 10.2 Å². The molecule has 27 heavy (non-hydrogen) atoms. The van der Waals surface area contributed by atoms with Gasteiger partial charge in [0.15, 0.2) is 0 Å². The SMILES string of the molecule is O=C1CC(C(=O)N(Cc2ccco2)c2cccc(F)c2)c2ccccc2N1. The topological polar surface area (TPSA) is 62.6 Å². The predicted octanol–water partition coefficient (Wildman–Crippen LogP) is 4.08. The van der Waals surface area contributed by atoms with Crippen molar-refractivity contribution in [2.24, 2.45) is 0 Å². The van der Waals surface area contributed by atoms with Crippen molar-refractivity contribution in [2.45, 2.75) is 18.9 Å². The normalized spacial score (nSPS) is 15.7. The summed E-state index contributed by atoms with van der Waals surface area (Å²) in [4.78, 5) is 27.0. The minimum absolute atomic E-state index is 0.0415. The number of halogens is 1.